The first-order chi connectivity index (χ1) is 12.1. The van der Waals surface area contributed by atoms with Gasteiger partial charge >= 0.3 is 0 Å². The molecule has 0 saturated carbocycles. The number of rotatable bonds is 7. The predicted octanol–water partition coefficient (Wildman–Crippen LogP) is 2.01. The molecule has 136 valence electrons. The van der Waals surface area contributed by atoms with Gasteiger partial charge in [-0.2, -0.15) is 0 Å². The smallest absolute Gasteiger partial charge is 0.252 e. The predicted molar refractivity (Wildman–Crippen MR) is 94.1 cm³/mol. The summed E-state index contributed by atoms with van der Waals surface area (Å²) in [6.45, 7) is 4.87. The maximum absolute atomic E-state index is 12.1. The highest BCUT2D eigenvalue weighted by Crippen LogP contribution is 2.41. The maximum atomic E-state index is 12.1. The number of likely N-dealkylation sites (tertiary alicyclic amines) is 1. The molecule has 1 N–H and O–H groups in total. The van der Waals surface area contributed by atoms with Crippen molar-refractivity contribution in [1.29, 1.82) is 0 Å². The van der Waals surface area contributed by atoms with Crippen LogP contribution in [0.25, 0.3) is 0 Å². The SMILES string of the molecule is CCCCC(=O)N1CC2(C1)OCC[C@H]2CCNC(=O)c1cccnc1. The zero-order valence-corrected chi connectivity index (χ0v) is 14.9. The van der Waals surface area contributed by atoms with Gasteiger partial charge in [0, 0.05) is 32.0 Å². The number of amides is 2. The third-order valence-electron chi connectivity index (χ3n) is 5.32. The van der Waals surface area contributed by atoms with E-state index in [-0.39, 0.29) is 17.4 Å². The van der Waals surface area contributed by atoms with Crippen molar-refractivity contribution in [2.45, 2.75) is 44.6 Å². The first kappa shape index (κ1) is 17.9. The number of hydrogen-bond donors (Lipinski definition) is 1. The molecule has 0 aliphatic carbocycles. The average Bonchev–Trinajstić information content (AvgIpc) is 3.03. The van der Waals surface area contributed by atoms with Crippen LogP contribution >= 0.6 is 0 Å². The van der Waals surface area contributed by atoms with Crippen LogP contribution in [0, 0.1) is 5.92 Å². The summed E-state index contributed by atoms with van der Waals surface area (Å²) in [6.07, 6.45) is 7.73. The Hall–Kier alpha value is -1.95. The van der Waals surface area contributed by atoms with Crippen LogP contribution < -0.4 is 5.32 Å². The molecule has 1 atom stereocenters. The molecule has 3 heterocycles. The van der Waals surface area contributed by atoms with Crippen LogP contribution in [0.5, 0.6) is 0 Å². The van der Waals surface area contributed by atoms with Crippen molar-refractivity contribution in [3.05, 3.63) is 30.1 Å². The van der Waals surface area contributed by atoms with Crippen molar-refractivity contribution in [2.24, 2.45) is 5.92 Å². The summed E-state index contributed by atoms with van der Waals surface area (Å²) < 4.78 is 6.00. The normalized spacial score (nSPS) is 21.2. The molecule has 3 rings (SSSR count). The van der Waals surface area contributed by atoms with Crippen LogP contribution in [0.1, 0.15) is 49.4 Å². The summed E-state index contributed by atoms with van der Waals surface area (Å²) in [7, 11) is 0. The topological polar surface area (TPSA) is 71.5 Å². The van der Waals surface area contributed by atoms with E-state index in [0.29, 0.717) is 37.5 Å². The molecule has 0 unspecified atom stereocenters. The van der Waals surface area contributed by atoms with Gasteiger partial charge in [-0.3, -0.25) is 14.6 Å². The van der Waals surface area contributed by atoms with E-state index in [1.807, 2.05) is 4.90 Å². The van der Waals surface area contributed by atoms with Crippen LogP contribution in [-0.2, 0) is 9.53 Å². The molecular weight excluding hydrogens is 318 g/mol. The van der Waals surface area contributed by atoms with E-state index in [1.165, 1.54) is 0 Å². The van der Waals surface area contributed by atoms with Crippen molar-refractivity contribution in [2.75, 3.05) is 26.2 Å². The molecule has 1 aromatic heterocycles. The number of hydrogen-bond acceptors (Lipinski definition) is 4. The molecule has 6 heteroatoms. The number of nitrogens with one attached hydrogen (secondary N) is 1. The molecule has 0 aromatic carbocycles. The second-order valence-corrected chi connectivity index (χ2v) is 7.04. The van der Waals surface area contributed by atoms with Gasteiger partial charge in [0.25, 0.3) is 5.91 Å². The molecular formula is C19H27N3O3. The summed E-state index contributed by atoms with van der Waals surface area (Å²) in [6, 6.07) is 3.52. The summed E-state index contributed by atoms with van der Waals surface area (Å²) in [5.74, 6) is 0.551. The number of aromatic nitrogens is 1. The summed E-state index contributed by atoms with van der Waals surface area (Å²) in [5, 5.41) is 2.96. The molecule has 2 aliphatic rings. The van der Waals surface area contributed by atoms with Gasteiger partial charge in [0.05, 0.1) is 18.7 Å². The van der Waals surface area contributed by atoms with Crippen molar-refractivity contribution >= 4 is 11.8 Å². The van der Waals surface area contributed by atoms with Crippen LogP contribution in [0.2, 0.25) is 0 Å². The van der Waals surface area contributed by atoms with Gasteiger partial charge in [-0.25, -0.2) is 0 Å². The van der Waals surface area contributed by atoms with E-state index >= 15 is 0 Å². The van der Waals surface area contributed by atoms with Crippen LogP contribution in [-0.4, -0.2) is 53.5 Å². The van der Waals surface area contributed by atoms with Crippen molar-refractivity contribution in [3.8, 4) is 0 Å². The Morgan fingerprint density at radius 2 is 2.28 bits per heavy atom. The second kappa shape index (κ2) is 7.95. The number of pyridine rings is 1. The quantitative estimate of drug-likeness (QED) is 0.820. The number of ether oxygens (including phenoxy) is 1. The molecule has 2 aliphatic heterocycles. The standard InChI is InChI=1S/C19H27N3O3/c1-2-3-6-17(23)22-13-19(14-22)16(8-11-25-19)7-10-21-18(24)15-5-4-9-20-12-15/h4-5,9,12,16H,2-3,6-8,10-11,13-14H2,1H3,(H,21,24)/t16-/m1/s1. The van der Waals surface area contributed by atoms with E-state index in [9.17, 15) is 9.59 Å². The minimum Gasteiger partial charge on any atom is -0.371 e. The van der Waals surface area contributed by atoms with E-state index in [1.54, 1.807) is 24.5 Å². The molecule has 2 amide bonds. The van der Waals surface area contributed by atoms with Gasteiger partial charge in [-0.05, 0) is 37.3 Å². The minimum atomic E-state index is -0.180. The molecule has 2 fully saturated rings. The Balaban J connectivity index is 1.44. The fourth-order valence-corrected chi connectivity index (χ4v) is 3.76. The first-order valence-corrected chi connectivity index (χ1v) is 9.24. The molecule has 0 radical (unpaired) electrons. The highest BCUT2D eigenvalue weighted by atomic mass is 16.5. The Bertz CT molecular complexity index is 599. The summed E-state index contributed by atoms with van der Waals surface area (Å²) in [4.78, 5) is 30.1. The first-order valence-electron chi connectivity index (χ1n) is 9.24. The Kier molecular flexibility index (Phi) is 5.68. The van der Waals surface area contributed by atoms with Gasteiger partial charge in [-0.1, -0.05) is 13.3 Å². The molecule has 1 spiro atoms. The van der Waals surface area contributed by atoms with E-state index in [2.05, 4.69) is 17.2 Å². The zero-order valence-electron chi connectivity index (χ0n) is 14.9. The molecule has 0 bridgehead atoms. The molecule has 6 nitrogen and oxygen atoms in total. The highest BCUT2D eigenvalue weighted by molar-refractivity contribution is 5.93. The summed E-state index contributed by atoms with van der Waals surface area (Å²) >= 11 is 0. The van der Waals surface area contributed by atoms with Crippen LogP contribution in [0.3, 0.4) is 0 Å². The molecule has 1 aromatic rings. The minimum absolute atomic E-state index is 0.0916. The second-order valence-electron chi connectivity index (χ2n) is 7.04. The van der Waals surface area contributed by atoms with Gasteiger partial charge in [0.2, 0.25) is 5.91 Å². The van der Waals surface area contributed by atoms with Gasteiger partial charge in [0.15, 0.2) is 0 Å². The monoisotopic (exact) mass is 345 g/mol. The Morgan fingerprint density at radius 3 is 3.00 bits per heavy atom. The highest BCUT2D eigenvalue weighted by Gasteiger charge is 2.53. The number of carbonyl (C=O) groups excluding carboxylic acids is 2. The van der Waals surface area contributed by atoms with Crippen LogP contribution in [0.4, 0.5) is 0 Å². The van der Waals surface area contributed by atoms with Crippen molar-refractivity contribution in [3.63, 3.8) is 0 Å². The fourth-order valence-electron chi connectivity index (χ4n) is 3.76. The van der Waals surface area contributed by atoms with E-state index in [0.717, 1.165) is 32.3 Å². The Morgan fingerprint density at radius 1 is 1.44 bits per heavy atom. The van der Waals surface area contributed by atoms with E-state index in [4.69, 9.17) is 4.74 Å². The largest absolute Gasteiger partial charge is 0.371 e. The van der Waals surface area contributed by atoms with Gasteiger partial charge in [0.1, 0.15) is 5.60 Å². The lowest BCUT2D eigenvalue weighted by Gasteiger charge is -2.50. The van der Waals surface area contributed by atoms with E-state index < -0.39 is 0 Å². The average molecular weight is 345 g/mol. The third-order valence-corrected chi connectivity index (χ3v) is 5.32. The van der Waals surface area contributed by atoms with Crippen molar-refractivity contribution < 1.29 is 14.3 Å². The number of unbranched alkanes of at least 4 members (excludes halogenated alkanes) is 1. The number of carbonyl (C=O) groups is 2. The molecule has 2 saturated heterocycles. The summed E-state index contributed by atoms with van der Waals surface area (Å²) in [5.41, 5.74) is 0.400. The number of nitrogens with zero attached hydrogens (tertiary/aromatic N) is 2. The lowest BCUT2D eigenvalue weighted by atomic mass is 9.78. The zero-order chi connectivity index (χ0) is 17.7. The van der Waals surface area contributed by atoms with Crippen molar-refractivity contribution in [1.82, 2.24) is 15.2 Å². The lowest BCUT2D eigenvalue weighted by molar-refractivity contribution is -0.165. The Labute approximate surface area is 148 Å². The fraction of sp³-hybridized carbons (Fsp3) is 0.632. The lowest BCUT2D eigenvalue weighted by Crippen LogP contribution is -2.66. The third kappa shape index (κ3) is 4.00. The maximum Gasteiger partial charge on any atom is 0.252 e. The van der Waals surface area contributed by atoms with Gasteiger partial charge in [-0.15, -0.1) is 0 Å². The van der Waals surface area contributed by atoms with Gasteiger partial charge < -0.3 is 15.0 Å². The van der Waals surface area contributed by atoms with Crippen LogP contribution in [0.15, 0.2) is 24.5 Å². The molecule has 25 heavy (non-hydrogen) atoms.